The molecule has 0 amide bonds. The Bertz CT molecular complexity index is 530. The number of thioether (sulfide) groups is 1. The van der Waals surface area contributed by atoms with Gasteiger partial charge in [0.05, 0.1) is 12.6 Å². The molecule has 0 radical (unpaired) electrons. The molecular weight excluding hydrogens is 447 g/mol. The maximum Gasteiger partial charge on any atom is 0.191 e. The van der Waals surface area contributed by atoms with Crippen molar-refractivity contribution >= 4 is 41.7 Å². The number of aliphatic imine (C=N–C) groups is 1. The molecule has 3 N–H and O–H groups in total. The van der Waals surface area contributed by atoms with E-state index in [2.05, 4.69) is 51.0 Å². The first-order valence-corrected chi connectivity index (χ1v) is 10.1. The molecular formula is C18H31IN4OS. The van der Waals surface area contributed by atoms with Crippen molar-refractivity contribution in [1.29, 1.82) is 0 Å². The minimum atomic E-state index is -0.439. The number of nitrogens with zero attached hydrogens (tertiary/aromatic N) is 2. The highest BCUT2D eigenvalue weighted by molar-refractivity contribution is 14.0. The van der Waals surface area contributed by atoms with Gasteiger partial charge in [0, 0.05) is 38.5 Å². The van der Waals surface area contributed by atoms with Crippen LogP contribution < -0.4 is 10.6 Å². The summed E-state index contributed by atoms with van der Waals surface area (Å²) in [7, 11) is 0. The molecule has 0 aliphatic carbocycles. The molecule has 1 aliphatic heterocycles. The number of guanidine groups is 1. The second-order valence-electron chi connectivity index (χ2n) is 6.05. The number of β-amino-alcohol motifs (C(OH)–C–C–N with tert-alkyl or cyclic N) is 1. The van der Waals surface area contributed by atoms with E-state index in [0.29, 0.717) is 13.1 Å². The molecule has 1 unspecified atom stereocenters. The Kier molecular flexibility index (Phi) is 11.5. The van der Waals surface area contributed by atoms with E-state index in [1.165, 1.54) is 11.1 Å². The number of fused-ring (bicyclic) bond motifs is 1. The summed E-state index contributed by atoms with van der Waals surface area (Å²) in [4.78, 5) is 6.82. The summed E-state index contributed by atoms with van der Waals surface area (Å²) in [6, 6.07) is 8.58. The van der Waals surface area contributed by atoms with Gasteiger partial charge in [0.2, 0.25) is 0 Å². The van der Waals surface area contributed by atoms with Gasteiger partial charge in [-0.15, -0.1) is 24.0 Å². The van der Waals surface area contributed by atoms with E-state index in [0.717, 1.165) is 44.3 Å². The topological polar surface area (TPSA) is 59.9 Å². The molecule has 0 fully saturated rings. The van der Waals surface area contributed by atoms with Crippen LogP contribution in [-0.2, 0) is 13.0 Å². The molecule has 1 atom stereocenters. The highest BCUT2D eigenvalue weighted by atomic mass is 127. The average Bonchev–Trinajstić information content (AvgIpc) is 2.60. The van der Waals surface area contributed by atoms with Crippen molar-refractivity contribution in [3.8, 4) is 0 Å². The lowest BCUT2D eigenvalue weighted by molar-refractivity contribution is 0.111. The van der Waals surface area contributed by atoms with Crippen LogP contribution >= 0.6 is 35.7 Å². The lowest BCUT2D eigenvalue weighted by Crippen LogP contribution is -2.40. The van der Waals surface area contributed by atoms with Crippen LogP contribution in [0.1, 0.15) is 18.1 Å². The van der Waals surface area contributed by atoms with Crippen molar-refractivity contribution in [2.75, 3.05) is 44.7 Å². The van der Waals surface area contributed by atoms with E-state index in [9.17, 15) is 5.11 Å². The SMILES string of the molecule is CCNC(=NCC(O)CN1CCc2ccccc2C1)NCCSC.I. The van der Waals surface area contributed by atoms with Gasteiger partial charge in [0.25, 0.3) is 0 Å². The molecule has 1 aliphatic rings. The van der Waals surface area contributed by atoms with Crippen LogP contribution in [0.4, 0.5) is 0 Å². The number of benzene rings is 1. The second kappa shape index (κ2) is 12.8. The average molecular weight is 478 g/mol. The molecule has 0 bridgehead atoms. The van der Waals surface area contributed by atoms with Crippen LogP contribution in [0.2, 0.25) is 0 Å². The van der Waals surface area contributed by atoms with Gasteiger partial charge in [-0.2, -0.15) is 11.8 Å². The monoisotopic (exact) mass is 478 g/mol. The van der Waals surface area contributed by atoms with Crippen molar-refractivity contribution in [1.82, 2.24) is 15.5 Å². The summed E-state index contributed by atoms with van der Waals surface area (Å²) >= 11 is 1.80. The molecule has 1 aromatic rings. The quantitative estimate of drug-likeness (QED) is 0.231. The van der Waals surface area contributed by atoms with Gasteiger partial charge in [-0.25, -0.2) is 0 Å². The standard InChI is InChI=1S/C18H30N4OS.HI/c1-3-19-18(20-9-11-24-2)21-12-17(23)14-22-10-8-15-6-4-5-7-16(15)13-22;/h4-7,17,23H,3,8-14H2,1-2H3,(H2,19,20,21);1H. The van der Waals surface area contributed by atoms with Crippen molar-refractivity contribution in [3.63, 3.8) is 0 Å². The molecule has 7 heteroatoms. The summed E-state index contributed by atoms with van der Waals surface area (Å²) in [5.74, 6) is 1.83. The number of aliphatic hydroxyl groups is 1. The van der Waals surface area contributed by atoms with Gasteiger partial charge in [0.1, 0.15) is 0 Å². The Morgan fingerprint density at radius 3 is 2.80 bits per heavy atom. The summed E-state index contributed by atoms with van der Waals surface area (Å²) in [5.41, 5.74) is 2.82. The zero-order valence-corrected chi connectivity index (χ0v) is 18.3. The fourth-order valence-corrected chi connectivity index (χ4v) is 3.18. The third-order valence-corrected chi connectivity index (χ3v) is 4.69. The molecule has 142 valence electrons. The van der Waals surface area contributed by atoms with Crippen molar-refractivity contribution < 1.29 is 5.11 Å². The molecule has 25 heavy (non-hydrogen) atoms. The van der Waals surface area contributed by atoms with Gasteiger partial charge in [-0.3, -0.25) is 9.89 Å². The minimum Gasteiger partial charge on any atom is -0.390 e. The third kappa shape index (κ3) is 8.15. The maximum atomic E-state index is 10.3. The molecule has 1 heterocycles. The summed E-state index contributed by atoms with van der Waals surface area (Å²) in [6.45, 7) is 6.77. The van der Waals surface area contributed by atoms with Crippen molar-refractivity contribution in [2.45, 2.75) is 26.0 Å². The van der Waals surface area contributed by atoms with E-state index >= 15 is 0 Å². The highest BCUT2D eigenvalue weighted by Crippen LogP contribution is 2.18. The van der Waals surface area contributed by atoms with Gasteiger partial charge < -0.3 is 15.7 Å². The molecule has 2 rings (SSSR count). The van der Waals surface area contributed by atoms with E-state index in [-0.39, 0.29) is 24.0 Å². The van der Waals surface area contributed by atoms with Gasteiger partial charge in [-0.05, 0) is 30.7 Å². The summed E-state index contributed by atoms with van der Waals surface area (Å²) < 4.78 is 0. The zero-order chi connectivity index (χ0) is 17.2. The number of hydrogen-bond acceptors (Lipinski definition) is 4. The van der Waals surface area contributed by atoms with E-state index in [1.807, 2.05) is 6.92 Å². The summed E-state index contributed by atoms with van der Waals surface area (Å²) in [5, 5.41) is 16.8. The first kappa shape index (κ1) is 22.5. The van der Waals surface area contributed by atoms with Crippen molar-refractivity contribution in [2.24, 2.45) is 4.99 Å². The Morgan fingerprint density at radius 1 is 1.32 bits per heavy atom. The fraction of sp³-hybridized carbons (Fsp3) is 0.611. The predicted octanol–water partition coefficient (Wildman–Crippen LogP) is 1.94. The largest absolute Gasteiger partial charge is 0.390 e. The smallest absolute Gasteiger partial charge is 0.191 e. The van der Waals surface area contributed by atoms with E-state index in [4.69, 9.17) is 0 Å². The number of aliphatic hydroxyl groups excluding tert-OH is 1. The zero-order valence-electron chi connectivity index (χ0n) is 15.2. The van der Waals surface area contributed by atoms with Crippen LogP contribution in [0, 0.1) is 0 Å². The number of nitrogens with one attached hydrogen (secondary N) is 2. The lowest BCUT2D eigenvalue weighted by Gasteiger charge is -2.30. The van der Waals surface area contributed by atoms with Crippen LogP contribution in [0.15, 0.2) is 29.3 Å². The second-order valence-corrected chi connectivity index (χ2v) is 7.03. The number of halogens is 1. The van der Waals surface area contributed by atoms with Crippen molar-refractivity contribution in [3.05, 3.63) is 35.4 Å². The normalized spacial score (nSPS) is 15.9. The van der Waals surface area contributed by atoms with Crippen LogP contribution in [0.5, 0.6) is 0 Å². The summed E-state index contributed by atoms with van der Waals surface area (Å²) in [6.07, 6.45) is 2.71. The van der Waals surface area contributed by atoms with E-state index < -0.39 is 6.10 Å². The van der Waals surface area contributed by atoms with Gasteiger partial charge in [0.15, 0.2) is 5.96 Å². The fourth-order valence-electron chi connectivity index (χ4n) is 2.88. The first-order valence-electron chi connectivity index (χ1n) is 8.71. The maximum absolute atomic E-state index is 10.3. The highest BCUT2D eigenvalue weighted by Gasteiger charge is 2.18. The number of rotatable bonds is 8. The van der Waals surface area contributed by atoms with Gasteiger partial charge in [-0.1, -0.05) is 24.3 Å². The Labute approximate surface area is 173 Å². The minimum absolute atomic E-state index is 0. The van der Waals surface area contributed by atoms with Crippen LogP contribution in [0.3, 0.4) is 0 Å². The molecule has 0 saturated heterocycles. The van der Waals surface area contributed by atoms with Gasteiger partial charge >= 0.3 is 0 Å². The molecule has 5 nitrogen and oxygen atoms in total. The lowest BCUT2D eigenvalue weighted by atomic mass is 10.00. The first-order chi connectivity index (χ1) is 11.7. The molecule has 0 spiro atoms. The van der Waals surface area contributed by atoms with E-state index in [1.54, 1.807) is 11.8 Å². The Hall–Kier alpha value is -0.510. The predicted molar refractivity (Wildman–Crippen MR) is 119 cm³/mol. The third-order valence-electron chi connectivity index (χ3n) is 4.08. The van der Waals surface area contributed by atoms with Crippen LogP contribution in [0.25, 0.3) is 0 Å². The molecule has 0 saturated carbocycles. The molecule has 0 aromatic heterocycles. The van der Waals surface area contributed by atoms with Crippen LogP contribution in [-0.4, -0.2) is 66.8 Å². The number of hydrogen-bond donors (Lipinski definition) is 3. The molecule has 1 aromatic carbocycles. The Morgan fingerprint density at radius 2 is 2.08 bits per heavy atom. The Balaban J connectivity index is 0.00000312.